The highest BCUT2D eigenvalue weighted by Crippen LogP contribution is 2.71. The Labute approximate surface area is 185 Å². The van der Waals surface area contributed by atoms with Crippen molar-refractivity contribution in [3.8, 4) is 0 Å². The Kier molecular flexibility index (Phi) is 4.94. The zero-order valence-electron chi connectivity index (χ0n) is 18.6. The standard InChI is InChI=1S/C24H28F2O6/c1-12-7-15-16-9-18(25)17-8-14(29)5-6-21(17,3)23(16,26)20(32-13(2)28)10-22(15,4)24(12,31)19(30)11-27/h5-6,8,11-12,15-16,18,20,31H,7,9-10H2,1-4H3/t12-,15?,16-,18?,20-,21-,22-,23?,24-/m0/s1. The van der Waals surface area contributed by atoms with Gasteiger partial charge in [-0.25, -0.2) is 8.78 Å². The first-order chi connectivity index (χ1) is 14.8. The molecule has 4 rings (SSSR count). The summed E-state index contributed by atoms with van der Waals surface area (Å²) >= 11 is 0. The zero-order valence-corrected chi connectivity index (χ0v) is 18.6. The van der Waals surface area contributed by atoms with Gasteiger partial charge in [0.1, 0.15) is 17.9 Å². The van der Waals surface area contributed by atoms with E-state index >= 15 is 8.78 Å². The van der Waals surface area contributed by atoms with Gasteiger partial charge >= 0.3 is 5.97 Å². The molecular weight excluding hydrogens is 422 g/mol. The summed E-state index contributed by atoms with van der Waals surface area (Å²) in [5.74, 6) is -4.54. The first kappa shape index (κ1) is 23.0. The van der Waals surface area contributed by atoms with Crippen LogP contribution >= 0.6 is 0 Å². The Hall–Kier alpha value is -2.22. The molecule has 0 aromatic rings. The summed E-state index contributed by atoms with van der Waals surface area (Å²) in [6.45, 7) is 5.85. The molecule has 0 aromatic heterocycles. The largest absolute Gasteiger partial charge is 0.459 e. The molecule has 32 heavy (non-hydrogen) atoms. The lowest BCUT2D eigenvalue weighted by Crippen LogP contribution is -2.71. The highest BCUT2D eigenvalue weighted by Gasteiger charge is 2.77. The number of aldehydes is 1. The van der Waals surface area contributed by atoms with Crippen LogP contribution in [0.25, 0.3) is 0 Å². The molecule has 3 unspecified atom stereocenters. The molecule has 8 heteroatoms. The SMILES string of the molecule is CC(=O)O[C@H]1C[C@@]2(C)C(C[C@H](C)[C@]2(O)C(=O)C=O)[C@@H]2CC(F)C3=CC(=O)C=C[C@]3(C)C12F. The van der Waals surface area contributed by atoms with E-state index in [1.807, 2.05) is 0 Å². The van der Waals surface area contributed by atoms with Crippen molar-refractivity contribution in [3.63, 3.8) is 0 Å². The fourth-order valence-corrected chi connectivity index (χ4v) is 7.45. The van der Waals surface area contributed by atoms with E-state index in [1.54, 1.807) is 13.8 Å². The molecule has 0 aliphatic heterocycles. The second-order valence-electron chi connectivity index (χ2n) is 10.3. The Balaban J connectivity index is 1.94. The summed E-state index contributed by atoms with van der Waals surface area (Å²) in [6.07, 6.45) is 0.409. The van der Waals surface area contributed by atoms with Crippen molar-refractivity contribution < 1.29 is 37.8 Å². The minimum Gasteiger partial charge on any atom is -0.459 e. The Bertz CT molecular complexity index is 974. The van der Waals surface area contributed by atoms with E-state index in [0.29, 0.717) is 0 Å². The number of rotatable bonds is 3. The molecule has 0 radical (unpaired) electrons. The van der Waals surface area contributed by atoms with Crippen molar-refractivity contribution in [1.82, 2.24) is 0 Å². The normalized spacial score (nSPS) is 49.4. The molecule has 4 aliphatic rings. The number of hydrogen-bond acceptors (Lipinski definition) is 6. The molecule has 4 aliphatic carbocycles. The second-order valence-corrected chi connectivity index (χ2v) is 10.3. The number of fused-ring (bicyclic) bond motifs is 5. The summed E-state index contributed by atoms with van der Waals surface area (Å²) < 4.78 is 38.4. The van der Waals surface area contributed by atoms with Crippen LogP contribution in [0.1, 0.15) is 47.0 Å². The average Bonchev–Trinajstić information content (AvgIpc) is 2.92. The number of carbonyl (C=O) groups is 4. The number of aliphatic hydroxyl groups is 1. The topological polar surface area (TPSA) is 97.7 Å². The predicted octanol–water partition coefficient (Wildman–Crippen LogP) is 2.62. The van der Waals surface area contributed by atoms with Crippen molar-refractivity contribution in [2.24, 2.45) is 28.6 Å². The van der Waals surface area contributed by atoms with Gasteiger partial charge in [-0.15, -0.1) is 0 Å². The third kappa shape index (κ3) is 2.53. The number of alkyl halides is 2. The highest BCUT2D eigenvalue weighted by molar-refractivity contribution is 6.29. The zero-order chi connectivity index (χ0) is 23.9. The van der Waals surface area contributed by atoms with Crippen LogP contribution < -0.4 is 0 Å². The molecule has 3 saturated carbocycles. The van der Waals surface area contributed by atoms with Crippen molar-refractivity contribution in [3.05, 3.63) is 23.8 Å². The maximum atomic E-state index is 17.4. The number of ketones is 2. The van der Waals surface area contributed by atoms with Gasteiger partial charge in [0, 0.05) is 23.7 Å². The lowest BCUT2D eigenvalue weighted by atomic mass is 9.44. The van der Waals surface area contributed by atoms with E-state index in [4.69, 9.17) is 4.74 Å². The van der Waals surface area contributed by atoms with Gasteiger partial charge in [-0.1, -0.05) is 19.9 Å². The van der Waals surface area contributed by atoms with E-state index < -0.39 is 69.7 Å². The van der Waals surface area contributed by atoms with Crippen molar-refractivity contribution in [2.45, 2.75) is 70.5 Å². The summed E-state index contributed by atoms with van der Waals surface area (Å²) in [5, 5.41) is 11.5. The van der Waals surface area contributed by atoms with Crippen molar-refractivity contribution in [1.29, 1.82) is 0 Å². The first-order valence-electron chi connectivity index (χ1n) is 10.9. The van der Waals surface area contributed by atoms with E-state index in [-0.39, 0.29) is 31.1 Å². The van der Waals surface area contributed by atoms with Crippen LogP contribution in [0.15, 0.2) is 23.8 Å². The van der Waals surface area contributed by atoms with Gasteiger partial charge in [-0.2, -0.15) is 0 Å². The monoisotopic (exact) mass is 450 g/mol. The van der Waals surface area contributed by atoms with E-state index in [0.717, 1.165) is 13.0 Å². The van der Waals surface area contributed by atoms with Crippen molar-refractivity contribution in [2.75, 3.05) is 0 Å². The molecule has 6 nitrogen and oxygen atoms in total. The molecule has 9 atom stereocenters. The van der Waals surface area contributed by atoms with Crippen LogP contribution in [0.2, 0.25) is 0 Å². The predicted molar refractivity (Wildman–Crippen MR) is 109 cm³/mol. The molecule has 3 fully saturated rings. The number of halogens is 2. The molecule has 0 amide bonds. The number of allylic oxidation sites excluding steroid dienone is 4. The van der Waals surface area contributed by atoms with Gasteiger partial charge in [-0.05, 0) is 55.7 Å². The molecule has 1 N–H and O–H groups in total. The fourth-order valence-electron chi connectivity index (χ4n) is 7.45. The molecule has 0 spiro atoms. The van der Waals surface area contributed by atoms with Crippen molar-refractivity contribution >= 4 is 23.8 Å². The number of hydrogen-bond donors (Lipinski definition) is 1. The molecule has 0 saturated heterocycles. The summed E-state index contributed by atoms with van der Waals surface area (Å²) in [6, 6.07) is 0. The highest BCUT2D eigenvalue weighted by atomic mass is 19.1. The molecule has 174 valence electrons. The van der Waals surface area contributed by atoms with E-state index in [1.165, 1.54) is 19.1 Å². The van der Waals surface area contributed by atoms with Gasteiger partial charge < -0.3 is 9.84 Å². The Morgan fingerprint density at radius 2 is 1.91 bits per heavy atom. The van der Waals surface area contributed by atoms with Gasteiger partial charge in [0.15, 0.2) is 17.7 Å². The molecular formula is C24H28F2O6. The van der Waals surface area contributed by atoms with E-state index in [9.17, 15) is 24.3 Å². The van der Waals surface area contributed by atoms with Gasteiger partial charge in [0.25, 0.3) is 0 Å². The number of Topliss-reactive ketones (excluding diaryl/α,β-unsaturated/α-hetero) is 1. The minimum absolute atomic E-state index is 0.00906. The third-order valence-corrected chi connectivity index (χ3v) is 8.98. The number of ether oxygens (including phenoxy) is 1. The molecule has 0 aromatic carbocycles. The van der Waals surface area contributed by atoms with Crippen LogP contribution in [0.3, 0.4) is 0 Å². The minimum atomic E-state index is -2.27. The van der Waals surface area contributed by atoms with Crippen LogP contribution in [-0.2, 0) is 23.9 Å². The van der Waals surface area contributed by atoms with Crippen LogP contribution in [0.5, 0.6) is 0 Å². The summed E-state index contributed by atoms with van der Waals surface area (Å²) in [4.78, 5) is 48.0. The second kappa shape index (κ2) is 6.89. The summed E-state index contributed by atoms with van der Waals surface area (Å²) in [7, 11) is 0. The van der Waals surface area contributed by atoms with E-state index in [2.05, 4.69) is 0 Å². The lowest BCUT2D eigenvalue weighted by molar-refractivity contribution is -0.232. The van der Waals surface area contributed by atoms with Crippen LogP contribution in [0.4, 0.5) is 8.78 Å². The lowest BCUT2D eigenvalue weighted by Gasteiger charge is -2.63. The number of carbonyl (C=O) groups excluding carboxylic acids is 4. The average molecular weight is 450 g/mol. The van der Waals surface area contributed by atoms with Crippen LogP contribution in [-0.4, -0.2) is 52.5 Å². The maximum absolute atomic E-state index is 17.4. The smallest absolute Gasteiger partial charge is 0.303 e. The van der Waals surface area contributed by atoms with Gasteiger partial charge in [-0.3, -0.25) is 19.2 Å². The molecule has 0 bridgehead atoms. The number of esters is 1. The fraction of sp³-hybridized carbons (Fsp3) is 0.667. The Morgan fingerprint density at radius 3 is 2.50 bits per heavy atom. The Morgan fingerprint density at radius 1 is 1.25 bits per heavy atom. The van der Waals surface area contributed by atoms with Crippen LogP contribution in [0, 0.1) is 28.6 Å². The van der Waals surface area contributed by atoms with Gasteiger partial charge in [0.05, 0.1) is 0 Å². The third-order valence-electron chi connectivity index (χ3n) is 8.98. The quantitative estimate of drug-likeness (QED) is 0.403. The summed E-state index contributed by atoms with van der Waals surface area (Å²) in [5.41, 5.74) is -7.21. The molecule has 0 heterocycles. The first-order valence-corrected chi connectivity index (χ1v) is 10.9. The maximum Gasteiger partial charge on any atom is 0.303 e. The van der Waals surface area contributed by atoms with Gasteiger partial charge in [0.2, 0.25) is 5.78 Å².